The first-order valence-corrected chi connectivity index (χ1v) is 20.5. The van der Waals surface area contributed by atoms with Crippen molar-refractivity contribution in [2.45, 2.75) is 5.41 Å². The standard InChI is InChI=1S/C55H35NS/c1-2-13-36(14-3-1)37-25-30-40(31-26-37)56(52-23-12-19-47-46-18-7-11-24-53(46)57-54(47)52)41-32-27-38(28-33-41)39-29-34-45-44-17-6-10-22-50(44)55(51(45)35-39)48-20-8-4-15-42(48)43-16-5-9-21-49(43)55/h1-35H. The van der Waals surface area contributed by atoms with Crippen LogP contribution in [0.25, 0.3) is 64.7 Å². The van der Waals surface area contributed by atoms with Crippen molar-refractivity contribution in [2.75, 3.05) is 4.90 Å². The zero-order valence-corrected chi connectivity index (χ0v) is 31.9. The Morgan fingerprint density at radius 3 is 1.44 bits per heavy atom. The summed E-state index contributed by atoms with van der Waals surface area (Å²) in [6.07, 6.45) is 0. The number of thiophene rings is 1. The SMILES string of the molecule is c1ccc(-c2ccc(N(c3ccc(-c4ccc5c(c4)C4(c6ccccc6-c6ccccc64)c4ccccc4-5)cc3)c3cccc4c3sc3ccccc34)cc2)cc1. The molecular weight excluding hydrogens is 707 g/mol. The minimum atomic E-state index is -0.360. The minimum absolute atomic E-state index is 0.360. The van der Waals surface area contributed by atoms with Crippen LogP contribution >= 0.6 is 11.3 Å². The van der Waals surface area contributed by atoms with E-state index in [0.717, 1.165) is 11.4 Å². The molecule has 0 atom stereocenters. The predicted molar refractivity (Wildman–Crippen MR) is 241 cm³/mol. The van der Waals surface area contributed by atoms with Crippen molar-refractivity contribution in [1.82, 2.24) is 0 Å². The van der Waals surface area contributed by atoms with Gasteiger partial charge in [0.1, 0.15) is 0 Å². The first kappa shape index (κ1) is 32.3. The lowest BCUT2D eigenvalue weighted by Gasteiger charge is -2.30. The van der Waals surface area contributed by atoms with E-state index in [2.05, 4.69) is 217 Å². The second-order valence-corrected chi connectivity index (χ2v) is 16.2. The number of hydrogen-bond acceptors (Lipinski definition) is 2. The van der Waals surface area contributed by atoms with Gasteiger partial charge < -0.3 is 4.90 Å². The fourth-order valence-electron chi connectivity index (χ4n) is 9.85. The molecule has 57 heavy (non-hydrogen) atoms. The molecule has 1 heterocycles. The van der Waals surface area contributed by atoms with E-state index in [1.54, 1.807) is 0 Å². The summed E-state index contributed by atoms with van der Waals surface area (Å²) in [6, 6.07) is 78.6. The Balaban J connectivity index is 1.00. The van der Waals surface area contributed by atoms with Gasteiger partial charge in [0.15, 0.2) is 0 Å². The highest BCUT2D eigenvalue weighted by Gasteiger charge is 2.51. The van der Waals surface area contributed by atoms with E-state index in [1.165, 1.54) is 92.6 Å². The van der Waals surface area contributed by atoms with Crippen LogP contribution in [0.3, 0.4) is 0 Å². The van der Waals surface area contributed by atoms with Crippen molar-refractivity contribution in [3.63, 3.8) is 0 Å². The van der Waals surface area contributed by atoms with Gasteiger partial charge in [0.05, 0.1) is 15.8 Å². The molecule has 1 spiro atoms. The Bertz CT molecular complexity index is 3110. The number of hydrogen-bond donors (Lipinski definition) is 0. The van der Waals surface area contributed by atoms with Crippen LogP contribution in [0.5, 0.6) is 0 Å². The highest BCUT2D eigenvalue weighted by molar-refractivity contribution is 7.26. The number of nitrogens with zero attached hydrogens (tertiary/aromatic N) is 1. The molecule has 0 radical (unpaired) electrons. The van der Waals surface area contributed by atoms with Crippen molar-refractivity contribution < 1.29 is 0 Å². The number of anilines is 3. The van der Waals surface area contributed by atoms with Crippen LogP contribution in [0.15, 0.2) is 212 Å². The third-order valence-electron chi connectivity index (χ3n) is 12.3. The van der Waals surface area contributed by atoms with E-state index >= 15 is 0 Å². The molecule has 0 aliphatic heterocycles. The number of benzene rings is 9. The van der Waals surface area contributed by atoms with Crippen molar-refractivity contribution in [3.05, 3.63) is 235 Å². The van der Waals surface area contributed by atoms with Gasteiger partial charge in [-0.05, 0) is 109 Å². The zero-order valence-electron chi connectivity index (χ0n) is 31.1. The first-order chi connectivity index (χ1) is 28.3. The molecule has 0 fully saturated rings. The van der Waals surface area contributed by atoms with Gasteiger partial charge in [0.2, 0.25) is 0 Å². The molecule has 9 aromatic carbocycles. The van der Waals surface area contributed by atoms with Gasteiger partial charge in [-0.3, -0.25) is 0 Å². The molecule has 0 N–H and O–H groups in total. The Morgan fingerprint density at radius 1 is 0.333 bits per heavy atom. The van der Waals surface area contributed by atoms with Crippen LogP contribution in [0.2, 0.25) is 0 Å². The highest BCUT2D eigenvalue weighted by Crippen LogP contribution is 2.63. The Morgan fingerprint density at radius 2 is 0.807 bits per heavy atom. The van der Waals surface area contributed by atoms with Crippen molar-refractivity contribution in [3.8, 4) is 44.5 Å². The molecule has 10 aromatic rings. The molecule has 1 nitrogen and oxygen atoms in total. The number of rotatable bonds is 5. The van der Waals surface area contributed by atoms with E-state index < -0.39 is 0 Å². The molecule has 2 heteroatoms. The maximum atomic E-state index is 2.47. The van der Waals surface area contributed by atoms with Gasteiger partial charge in [-0.2, -0.15) is 0 Å². The third kappa shape index (κ3) is 4.68. The largest absolute Gasteiger partial charge is 0.309 e. The van der Waals surface area contributed by atoms with Gasteiger partial charge in [-0.1, -0.05) is 170 Å². The zero-order chi connectivity index (χ0) is 37.5. The lowest BCUT2D eigenvalue weighted by atomic mass is 9.70. The second kappa shape index (κ2) is 12.5. The van der Waals surface area contributed by atoms with Gasteiger partial charge in [0.25, 0.3) is 0 Å². The van der Waals surface area contributed by atoms with Crippen molar-refractivity contribution >= 4 is 48.6 Å². The maximum Gasteiger partial charge on any atom is 0.0725 e. The van der Waals surface area contributed by atoms with Crippen LogP contribution < -0.4 is 4.90 Å². The fourth-order valence-corrected chi connectivity index (χ4v) is 11.1. The predicted octanol–water partition coefficient (Wildman–Crippen LogP) is 15.2. The summed E-state index contributed by atoms with van der Waals surface area (Å²) in [5.41, 5.74) is 18.7. The molecule has 12 rings (SSSR count). The normalized spacial score (nSPS) is 13.1. The quantitative estimate of drug-likeness (QED) is 0.170. The Kier molecular flexibility index (Phi) is 7.08. The van der Waals surface area contributed by atoms with Crippen LogP contribution in [0, 0.1) is 0 Å². The van der Waals surface area contributed by atoms with Crippen molar-refractivity contribution in [1.29, 1.82) is 0 Å². The molecule has 0 amide bonds. The Labute approximate surface area is 336 Å². The smallest absolute Gasteiger partial charge is 0.0725 e. The summed E-state index contributed by atoms with van der Waals surface area (Å²) in [6.45, 7) is 0. The van der Waals surface area contributed by atoms with Crippen molar-refractivity contribution in [2.24, 2.45) is 0 Å². The highest BCUT2D eigenvalue weighted by atomic mass is 32.1. The molecule has 1 aromatic heterocycles. The summed E-state index contributed by atoms with van der Waals surface area (Å²) in [4.78, 5) is 2.43. The van der Waals surface area contributed by atoms with Crippen LogP contribution in [-0.2, 0) is 5.41 Å². The summed E-state index contributed by atoms with van der Waals surface area (Å²) in [5.74, 6) is 0. The number of fused-ring (bicyclic) bond motifs is 13. The van der Waals surface area contributed by atoms with Crippen LogP contribution in [-0.4, -0.2) is 0 Å². The van der Waals surface area contributed by atoms with Gasteiger partial charge in [0, 0.05) is 26.8 Å². The van der Waals surface area contributed by atoms with E-state index in [4.69, 9.17) is 0 Å². The average Bonchev–Trinajstić information content (AvgIpc) is 3.92. The van der Waals surface area contributed by atoms with Gasteiger partial charge in [-0.15, -0.1) is 11.3 Å². The lowest BCUT2D eigenvalue weighted by Crippen LogP contribution is -2.25. The summed E-state index contributed by atoms with van der Waals surface area (Å²) in [5, 5.41) is 2.59. The molecule has 2 aliphatic rings. The van der Waals surface area contributed by atoms with Crippen LogP contribution in [0.4, 0.5) is 17.1 Å². The van der Waals surface area contributed by atoms with E-state index in [-0.39, 0.29) is 5.41 Å². The molecule has 266 valence electrons. The van der Waals surface area contributed by atoms with E-state index in [1.807, 2.05) is 11.3 Å². The lowest BCUT2D eigenvalue weighted by molar-refractivity contribution is 0.794. The summed E-state index contributed by atoms with van der Waals surface area (Å²) >= 11 is 1.87. The third-order valence-corrected chi connectivity index (χ3v) is 13.5. The topological polar surface area (TPSA) is 3.24 Å². The average molecular weight is 742 g/mol. The fraction of sp³-hybridized carbons (Fsp3) is 0.0182. The molecule has 0 unspecified atom stereocenters. The molecule has 2 aliphatic carbocycles. The van der Waals surface area contributed by atoms with Crippen LogP contribution in [0.1, 0.15) is 22.3 Å². The Hall–Kier alpha value is -7.00. The maximum absolute atomic E-state index is 2.47. The molecule has 0 saturated carbocycles. The van der Waals surface area contributed by atoms with Gasteiger partial charge in [-0.25, -0.2) is 0 Å². The monoisotopic (exact) mass is 741 g/mol. The first-order valence-electron chi connectivity index (χ1n) is 19.7. The summed E-state index contributed by atoms with van der Waals surface area (Å²) in [7, 11) is 0. The van der Waals surface area contributed by atoms with E-state index in [0.29, 0.717) is 0 Å². The molecular formula is C55H35NS. The van der Waals surface area contributed by atoms with Gasteiger partial charge >= 0.3 is 0 Å². The minimum Gasteiger partial charge on any atom is -0.309 e. The molecule has 0 bridgehead atoms. The summed E-state index contributed by atoms with van der Waals surface area (Å²) < 4.78 is 2.59. The molecule has 0 saturated heterocycles. The second-order valence-electron chi connectivity index (χ2n) is 15.2. The van der Waals surface area contributed by atoms with E-state index in [9.17, 15) is 0 Å².